The number of benzene rings is 2. The predicted octanol–water partition coefficient (Wildman–Crippen LogP) is 4.60. The Hall–Kier alpha value is -3.35. The zero-order chi connectivity index (χ0) is 20.1. The first kappa shape index (κ1) is 19.0. The quantitative estimate of drug-likeness (QED) is 0.637. The van der Waals surface area contributed by atoms with E-state index in [1.165, 1.54) is 18.5 Å². The largest absolute Gasteiger partial charge is 0.497 e. The van der Waals surface area contributed by atoms with Crippen molar-refractivity contribution in [2.45, 2.75) is 19.8 Å². The first-order chi connectivity index (χ1) is 14.2. The lowest BCUT2D eigenvalue weighted by Crippen LogP contribution is -2.32. The van der Waals surface area contributed by atoms with E-state index in [0.29, 0.717) is 11.8 Å². The van der Waals surface area contributed by atoms with Crippen LogP contribution >= 0.6 is 0 Å². The Balaban J connectivity index is 1.41. The van der Waals surface area contributed by atoms with Crippen LogP contribution in [0.1, 0.15) is 19.8 Å². The van der Waals surface area contributed by atoms with Crippen molar-refractivity contribution in [1.82, 2.24) is 15.2 Å². The monoisotopic (exact) mass is 390 g/mol. The molecule has 0 amide bonds. The van der Waals surface area contributed by atoms with E-state index in [1.807, 2.05) is 24.3 Å². The second-order valence-corrected chi connectivity index (χ2v) is 7.36. The number of rotatable bonds is 6. The van der Waals surface area contributed by atoms with Gasteiger partial charge in [-0.25, -0.2) is 0 Å². The number of hydrogen-bond acceptors (Lipinski definition) is 7. The molecule has 3 aromatic rings. The number of hydrogen-bond donors (Lipinski definition) is 2. The van der Waals surface area contributed by atoms with Gasteiger partial charge in [0, 0.05) is 36.2 Å². The standard InChI is InChI=1S/C22H26N6O/c1-16-10-12-28(13-11-16)19-8-6-17(7-9-19)25-22-26-21(15-23-27-22)24-18-4-3-5-20(14-18)29-2/h3-9,14-16H,10-13H2,1-2H3,(H2,24,25,26,27). The third kappa shape index (κ3) is 4.93. The SMILES string of the molecule is COc1cccc(Nc2cnnc(Nc3ccc(N4CCC(C)CC4)cc3)n2)c1. The van der Waals surface area contributed by atoms with Gasteiger partial charge in [-0.2, -0.15) is 10.1 Å². The minimum absolute atomic E-state index is 0.442. The molecule has 0 aliphatic carbocycles. The van der Waals surface area contributed by atoms with Crippen molar-refractivity contribution in [3.05, 3.63) is 54.7 Å². The summed E-state index contributed by atoms with van der Waals surface area (Å²) < 4.78 is 5.25. The van der Waals surface area contributed by atoms with Gasteiger partial charge < -0.3 is 20.3 Å². The Labute approximate surface area is 171 Å². The number of ether oxygens (including phenoxy) is 1. The first-order valence-corrected chi connectivity index (χ1v) is 9.92. The second kappa shape index (κ2) is 8.77. The van der Waals surface area contributed by atoms with E-state index < -0.39 is 0 Å². The van der Waals surface area contributed by atoms with Crippen molar-refractivity contribution >= 4 is 28.8 Å². The predicted molar refractivity (Wildman–Crippen MR) is 116 cm³/mol. The summed E-state index contributed by atoms with van der Waals surface area (Å²) in [5, 5.41) is 14.6. The molecule has 1 fully saturated rings. The number of nitrogens with zero attached hydrogens (tertiary/aromatic N) is 4. The lowest BCUT2D eigenvalue weighted by atomic mass is 9.99. The van der Waals surface area contributed by atoms with E-state index in [0.717, 1.165) is 36.1 Å². The second-order valence-electron chi connectivity index (χ2n) is 7.36. The molecule has 0 atom stereocenters. The molecule has 4 rings (SSSR count). The van der Waals surface area contributed by atoms with Crippen LogP contribution in [0.3, 0.4) is 0 Å². The van der Waals surface area contributed by atoms with E-state index >= 15 is 0 Å². The van der Waals surface area contributed by atoms with Gasteiger partial charge in [0.25, 0.3) is 0 Å². The Bertz CT molecular complexity index is 938. The molecule has 7 heteroatoms. The highest BCUT2D eigenvalue weighted by Crippen LogP contribution is 2.25. The normalized spacial score (nSPS) is 14.5. The van der Waals surface area contributed by atoms with Gasteiger partial charge in [-0.3, -0.25) is 0 Å². The average Bonchev–Trinajstić information content (AvgIpc) is 2.75. The summed E-state index contributed by atoms with van der Waals surface area (Å²) >= 11 is 0. The first-order valence-electron chi connectivity index (χ1n) is 9.92. The van der Waals surface area contributed by atoms with Gasteiger partial charge in [0.15, 0.2) is 5.82 Å². The fourth-order valence-electron chi connectivity index (χ4n) is 3.42. The van der Waals surface area contributed by atoms with Crippen molar-refractivity contribution in [1.29, 1.82) is 0 Å². The molecule has 0 spiro atoms. The molecule has 0 unspecified atom stereocenters. The van der Waals surface area contributed by atoms with Crippen LogP contribution in [0.15, 0.2) is 54.7 Å². The van der Waals surface area contributed by atoms with Gasteiger partial charge in [0.2, 0.25) is 5.95 Å². The summed E-state index contributed by atoms with van der Waals surface area (Å²) in [7, 11) is 1.64. The number of methoxy groups -OCH3 is 1. The summed E-state index contributed by atoms with van der Waals surface area (Å²) in [5.41, 5.74) is 3.06. The molecule has 7 nitrogen and oxygen atoms in total. The molecular formula is C22H26N6O. The van der Waals surface area contributed by atoms with Crippen LogP contribution < -0.4 is 20.3 Å². The third-order valence-corrected chi connectivity index (χ3v) is 5.17. The fourth-order valence-corrected chi connectivity index (χ4v) is 3.42. The summed E-state index contributed by atoms with van der Waals surface area (Å²) in [4.78, 5) is 6.94. The maximum absolute atomic E-state index is 5.25. The van der Waals surface area contributed by atoms with Gasteiger partial charge in [0.1, 0.15) is 5.75 Å². The van der Waals surface area contributed by atoms with E-state index in [-0.39, 0.29) is 0 Å². The highest BCUT2D eigenvalue weighted by Gasteiger charge is 2.15. The van der Waals surface area contributed by atoms with Gasteiger partial charge in [-0.1, -0.05) is 13.0 Å². The minimum Gasteiger partial charge on any atom is -0.497 e. The zero-order valence-corrected chi connectivity index (χ0v) is 16.8. The van der Waals surface area contributed by atoms with Crippen molar-refractivity contribution in [3.63, 3.8) is 0 Å². The molecule has 2 N–H and O–H groups in total. The Morgan fingerprint density at radius 2 is 1.79 bits per heavy atom. The van der Waals surface area contributed by atoms with Crippen LogP contribution in [0.2, 0.25) is 0 Å². The van der Waals surface area contributed by atoms with Crippen molar-refractivity contribution in [3.8, 4) is 5.75 Å². The molecule has 150 valence electrons. The van der Waals surface area contributed by atoms with Crippen molar-refractivity contribution < 1.29 is 4.74 Å². The number of anilines is 5. The molecule has 2 heterocycles. The number of nitrogens with one attached hydrogen (secondary N) is 2. The summed E-state index contributed by atoms with van der Waals surface area (Å²) in [6.07, 6.45) is 4.10. The summed E-state index contributed by atoms with van der Waals surface area (Å²) in [5.74, 6) is 2.65. The molecule has 0 radical (unpaired) electrons. The third-order valence-electron chi connectivity index (χ3n) is 5.17. The lowest BCUT2D eigenvalue weighted by Gasteiger charge is -2.32. The Morgan fingerprint density at radius 3 is 2.55 bits per heavy atom. The molecular weight excluding hydrogens is 364 g/mol. The smallest absolute Gasteiger partial charge is 0.249 e. The van der Waals surface area contributed by atoms with Crippen LogP contribution in [-0.4, -0.2) is 35.4 Å². The molecule has 1 aromatic heterocycles. The molecule has 29 heavy (non-hydrogen) atoms. The maximum atomic E-state index is 5.25. The van der Waals surface area contributed by atoms with Crippen LogP contribution in [0.25, 0.3) is 0 Å². The molecule has 1 saturated heterocycles. The van der Waals surface area contributed by atoms with E-state index in [9.17, 15) is 0 Å². The summed E-state index contributed by atoms with van der Waals surface area (Å²) in [6.45, 7) is 4.58. The van der Waals surface area contributed by atoms with Gasteiger partial charge in [-0.15, -0.1) is 5.10 Å². The highest BCUT2D eigenvalue weighted by atomic mass is 16.5. The molecule has 0 bridgehead atoms. The van der Waals surface area contributed by atoms with Crippen LogP contribution in [0.5, 0.6) is 5.75 Å². The Kier molecular flexibility index (Phi) is 5.74. The van der Waals surface area contributed by atoms with E-state index in [2.05, 4.69) is 61.9 Å². The fraction of sp³-hybridized carbons (Fsp3) is 0.318. The van der Waals surface area contributed by atoms with Crippen molar-refractivity contribution in [2.75, 3.05) is 35.7 Å². The number of piperidine rings is 1. The lowest BCUT2D eigenvalue weighted by molar-refractivity contribution is 0.415. The molecule has 2 aromatic carbocycles. The number of aromatic nitrogens is 3. The molecule has 1 aliphatic heterocycles. The van der Waals surface area contributed by atoms with Gasteiger partial charge in [0.05, 0.1) is 13.3 Å². The van der Waals surface area contributed by atoms with Crippen LogP contribution in [0, 0.1) is 5.92 Å². The maximum Gasteiger partial charge on any atom is 0.249 e. The molecule has 0 saturated carbocycles. The van der Waals surface area contributed by atoms with Crippen molar-refractivity contribution in [2.24, 2.45) is 5.92 Å². The highest BCUT2D eigenvalue weighted by molar-refractivity contribution is 5.62. The van der Waals surface area contributed by atoms with Crippen LogP contribution in [-0.2, 0) is 0 Å². The van der Waals surface area contributed by atoms with Crippen LogP contribution in [0.4, 0.5) is 28.8 Å². The van der Waals surface area contributed by atoms with Gasteiger partial charge >= 0.3 is 0 Å². The van der Waals surface area contributed by atoms with E-state index in [1.54, 1.807) is 13.3 Å². The average molecular weight is 390 g/mol. The summed E-state index contributed by atoms with van der Waals surface area (Å²) in [6, 6.07) is 16.0. The van der Waals surface area contributed by atoms with Gasteiger partial charge in [-0.05, 0) is 55.2 Å². The van der Waals surface area contributed by atoms with E-state index in [4.69, 9.17) is 4.74 Å². The topological polar surface area (TPSA) is 75.2 Å². The molecule has 1 aliphatic rings. The minimum atomic E-state index is 0.442. The zero-order valence-electron chi connectivity index (χ0n) is 16.8. The Morgan fingerprint density at radius 1 is 1.00 bits per heavy atom.